The molecule has 0 aromatic heterocycles. The SMILES string of the molecule is C=CCN(c1ccc(OC)cc1)S(=O)(=O)c1ccc(Cl)c(C(=O)NCC(F)(F)F)c1. The minimum Gasteiger partial charge on any atom is -0.497 e. The Morgan fingerprint density at radius 1 is 1.23 bits per heavy atom. The number of anilines is 1. The van der Waals surface area contributed by atoms with E-state index in [9.17, 15) is 26.4 Å². The van der Waals surface area contributed by atoms with E-state index in [-0.39, 0.29) is 16.5 Å². The molecule has 0 saturated heterocycles. The number of benzene rings is 2. The lowest BCUT2D eigenvalue weighted by atomic mass is 10.2. The van der Waals surface area contributed by atoms with Crippen molar-refractivity contribution in [3.8, 4) is 5.75 Å². The molecular formula is C19H18ClF3N2O4S. The van der Waals surface area contributed by atoms with Crippen LogP contribution in [-0.2, 0) is 10.0 Å². The molecule has 0 unspecified atom stereocenters. The molecular weight excluding hydrogens is 445 g/mol. The van der Waals surface area contributed by atoms with Crippen LogP contribution < -0.4 is 14.4 Å². The van der Waals surface area contributed by atoms with E-state index in [2.05, 4.69) is 6.58 Å². The van der Waals surface area contributed by atoms with Gasteiger partial charge in [-0.25, -0.2) is 8.42 Å². The van der Waals surface area contributed by atoms with E-state index in [1.54, 1.807) is 17.4 Å². The zero-order chi connectivity index (χ0) is 22.5. The average molecular weight is 463 g/mol. The van der Waals surface area contributed by atoms with Gasteiger partial charge in [0.2, 0.25) is 0 Å². The van der Waals surface area contributed by atoms with Gasteiger partial charge in [-0.2, -0.15) is 13.2 Å². The Morgan fingerprint density at radius 2 is 1.87 bits per heavy atom. The van der Waals surface area contributed by atoms with Crippen LogP contribution in [0.3, 0.4) is 0 Å². The largest absolute Gasteiger partial charge is 0.497 e. The fraction of sp³-hybridized carbons (Fsp3) is 0.211. The zero-order valence-corrected chi connectivity index (χ0v) is 17.3. The Labute approximate surface area is 176 Å². The summed E-state index contributed by atoms with van der Waals surface area (Å²) in [5, 5.41) is 1.48. The number of methoxy groups -OCH3 is 1. The molecule has 0 radical (unpaired) electrons. The predicted molar refractivity (Wildman–Crippen MR) is 108 cm³/mol. The van der Waals surface area contributed by atoms with Crippen molar-refractivity contribution in [2.45, 2.75) is 11.1 Å². The number of halogens is 4. The molecule has 162 valence electrons. The molecule has 2 aromatic carbocycles. The summed E-state index contributed by atoms with van der Waals surface area (Å²) in [6.45, 7) is 1.89. The molecule has 0 fully saturated rings. The van der Waals surface area contributed by atoms with Crippen LogP contribution in [0.15, 0.2) is 60.0 Å². The van der Waals surface area contributed by atoms with Gasteiger partial charge in [-0.1, -0.05) is 17.7 Å². The number of nitrogens with one attached hydrogen (secondary N) is 1. The van der Waals surface area contributed by atoms with E-state index in [0.717, 1.165) is 22.5 Å². The molecule has 0 aliphatic rings. The Kier molecular flexibility index (Phi) is 7.38. The van der Waals surface area contributed by atoms with Crippen molar-refractivity contribution >= 4 is 33.2 Å². The van der Waals surface area contributed by atoms with Crippen LogP contribution in [0.2, 0.25) is 5.02 Å². The fourth-order valence-corrected chi connectivity index (χ4v) is 4.12. The van der Waals surface area contributed by atoms with Crippen molar-refractivity contribution in [1.82, 2.24) is 5.32 Å². The molecule has 2 aromatic rings. The highest BCUT2D eigenvalue weighted by Crippen LogP contribution is 2.28. The minimum absolute atomic E-state index is 0.0904. The van der Waals surface area contributed by atoms with E-state index in [1.165, 1.54) is 25.3 Å². The third-order valence-corrected chi connectivity index (χ3v) is 5.99. The molecule has 0 aliphatic carbocycles. The molecule has 0 spiro atoms. The van der Waals surface area contributed by atoms with Crippen molar-refractivity contribution in [2.24, 2.45) is 0 Å². The van der Waals surface area contributed by atoms with Gasteiger partial charge in [0.05, 0.1) is 34.8 Å². The second kappa shape index (κ2) is 9.40. The third-order valence-electron chi connectivity index (χ3n) is 3.88. The lowest BCUT2D eigenvalue weighted by Gasteiger charge is -2.23. The maximum atomic E-state index is 13.2. The maximum absolute atomic E-state index is 13.2. The van der Waals surface area contributed by atoms with E-state index in [4.69, 9.17) is 16.3 Å². The average Bonchev–Trinajstić information content (AvgIpc) is 2.70. The van der Waals surface area contributed by atoms with Crippen LogP contribution in [0.4, 0.5) is 18.9 Å². The van der Waals surface area contributed by atoms with Gasteiger partial charge in [-0.15, -0.1) is 6.58 Å². The van der Waals surface area contributed by atoms with Crippen LogP contribution in [0.5, 0.6) is 5.75 Å². The number of hydrogen-bond donors (Lipinski definition) is 1. The maximum Gasteiger partial charge on any atom is 0.405 e. The molecule has 11 heteroatoms. The molecule has 0 heterocycles. The van der Waals surface area contributed by atoms with E-state index in [1.807, 2.05) is 0 Å². The summed E-state index contributed by atoms with van der Waals surface area (Å²) in [6.07, 6.45) is -3.25. The first kappa shape index (κ1) is 23.6. The second-order valence-corrected chi connectivity index (χ2v) is 8.23. The third kappa shape index (κ3) is 5.67. The van der Waals surface area contributed by atoms with E-state index < -0.39 is 34.2 Å². The normalized spacial score (nSPS) is 11.6. The summed E-state index contributed by atoms with van der Waals surface area (Å²) in [5.41, 5.74) is -0.0935. The summed E-state index contributed by atoms with van der Waals surface area (Å²) in [4.78, 5) is 11.8. The smallest absolute Gasteiger partial charge is 0.405 e. The van der Waals surface area contributed by atoms with Crippen molar-refractivity contribution in [3.63, 3.8) is 0 Å². The molecule has 2 rings (SSSR count). The lowest BCUT2D eigenvalue weighted by molar-refractivity contribution is -0.123. The van der Waals surface area contributed by atoms with Crippen LogP contribution in [0.25, 0.3) is 0 Å². The summed E-state index contributed by atoms with van der Waals surface area (Å²) in [6, 6.07) is 9.41. The van der Waals surface area contributed by atoms with Crippen molar-refractivity contribution < 1.29 is 31.1 Å². The number of amides is 1. The number of nitrogens with zero attached hydrogens (tertiary/aromatic N) is 1. The quantitative estimate of drug-likeness (QED) is 0.601. The summed E-state index contributed by atoms with van der Waals surface area (Å²) in [5.74, 6) is -0.626. The van der Waals surface area contributed by atoms with Crippen LogP contribution in [0, 0.1) is 0 Å². The van der Waals surface area contributed by atoms with Crippen LogP contribution in [-0.4, -0.2) is 40.7 Å². The highest BCUT2D eigenvalue weighted by molar-refractivity contribution is 7.92. The van der Waals surface area contributed by atoms with Gasteiger partial charge in [-0.3, -0.25) is 9.10 Å². The Bertz CT molecular complexity index is 1030. The Hall–Kier alpha value is -2.72. The molecule has 0 saturated carbocycles. The first-order chi connectivity index (χ1) is 14.0. The fourth-order valence-electron chi connectivity index (χ4n) is 2.45. The van der Waals surface area contributed by atoms with Gasteiger partial charge in [0, 0.05) is 0 Å². The second-order valence-electron chi connectivity index (χ2n) is 5.96. The Morgan fingerprint density at radius 3 is 2.40 bits per heavy atom. The summed E-state index contributed by atoms with van der Waals surface area (Å²) in [7, 11) is -2.73. The molecule has 1 amide bonds. The monoisotopic (exact) mass is 462 g/mol. The standard InChI is InChI=1S/C19H18ClF3N2O4S/c1-3-10-25(13-4-6-14(29-2)7-5-13)30(27,28)15-8-9-17(20)16(11-15)18(26)24-12-19(21,22)23/h3-9,11H,1,10,12H2,2H3,(H,24,26). The van der Waals surface area contributed by atoms with Crippen LogP contribution in [0.1, 0.15) is 10.4 Å². The topological polar surface area (TPSA) is 75.7 Å². The number of carbonyl (C=O) groups is 1. The van der Waals surface area contributed by atoms with Gasteiger partial charge in [0.1, 0.15) is 12.3 Å². The predicted octanol–water partition coefficient (Wildman–Crippen LogP) is 4.02. The minimum atomic E-state index is -4.62. The first-order valence-corrected chi connectivity index (χ1v) is 10.2. The van der Waals surface area contributed by atoms with E-state index >= 15 is 0 Å². The summed E-state index contributed by atoms with van der Waals surface area (Å²) < 4.78 is 69.5. The zero-order valence-electron chi connectivity index (χ0n) is 15.7. The van der Waals surface area contributed by atoms with Gasteiger partial charge in [0.25, 0.3) is 15.9 Å². The molecule has 1 N–H and O–H groups in total. The van der Waals surface area contributed by atoms with Crippen molar-refractivity contribution in [1.29, 1.82) is 0 Å². The number of carbonyl (C=O) groups excluding carboxylic acids is 1. The van der Waals surface area contributed by atoms with Crippen molar-refractivity contribution in [3.05, 3.63) is 65.7 Å². The van der Waals surface area contributed by atoms with Gasteiger partial charge in [0.15, 0.2) is 0 Å². The highest BCUT2D eigenvalue weighted by Gasteiger charge is 2.29. The van der Waals surface area contributed by atoms with E-state index in [0.29, 0.717) is 11.4 Å². The van der Waals surface area contributed by atoms with Gasteiger partial charge >= 0.3 is 6.18 Å². The highest BCUT2D eigenvalue weighted by atomic mass is 35.5. The number of hydrogen-bond acceptors (Lipinski definition) is 4. The van der Waals surface area contributed by atoms with Gasteiger partial charge < -0.3 is 10.1 Å². The number of rotatable bonds is 8. The number of alkyl halides is 3. The number of ether oxygens (including phenoxy) is 1. The molecule has 0 atom stereocenters. The van der Waals surface area contributed by atoms with Crippen molar-refractivity contribution in [2.75, 3.05) is 24.5 Å². The molecule has 0 aliphatic heterocycles. The molecule has 6 nitrogen and oxygen atoms in total. The molecule has 30 heavy (non-hydrogen) atoms. The molecule has 0 bridgehead atoms. The Balaban J connectivity index is 2.43. The first-order valence-electron chi connectivity index (χ1n) is 8.42. The summed E-state index contributed by atoms with van der Waals surface area (Å²) >= 11 is 5.90. The number of sulfonamides is 1. The lowest BCUT2D eigenvalue weighted by Crippen LogP contribution is -2.34. The van der Waals surface area contributed by atoms with Gasteiger partial charge in [-0.05, 0) is 42.5 Å². The van der Waals surface area contributed by atoms with Crippen LogP contribution >= 0.6 is 11.6 Å².